The number of nitrogens with one attached hydrogen (secondary N) is 2. The van der Waals surface area contributed by atoms with Crippen molar-refractivity contribution in [2.45, 2.75) is 58.2 Å². The normalized spacial score (nSPS) is 17.9. The lowest BCUT2D eigenvalue weighted by molar-refractivity contribution is -0.137. The molecule has 2 aromatic carbocycles. The summed E-state index contributed by atoms with van der Waals surface area (Å²) in [6, 6.07) is 11.6. The van der Waals surface area contributed by atoms with Gasteiger partial charge in [-0.15, -0.1) is 0 Å². The molecule has 0 radical (unpaired) electrons. The van der Waals surface area contributed by atoms with Crippen LogP contribution in [-0.4, -0.2) is 40.4 Å². The second-order valence-electron chi connectivity index (χ2n) is 9.73. The van der Waals surface area contributed by atoms with Crippen LogP contribution in [0.3, 0.4) is 0 Å². The molecule has 1 atom stereocenters. The largest absolute Gasteiger partial charge is 0.345 e. The van der Waals surface area contributed by atoms with Crippen LogP contribution < -0.4 is 10.6 Å². The Balaban J connectivity index is 1.41. The SMILES string of the molecule is CC(C)(C)c1cccc(C(=O)C(=O)NCc2ccc3c(c2)CN(C2CCC(=O)NC2=O)C3=O)c1. The maximum Gasteiger partial charge on any atom is 0.292 e. The molecule has 1 unspecified atom stereocenters. The van der Waals surface area contributed by atoms with Crippen LogP contribution in [0.1, 0.15) is 71.0 Å². The first-order valence-electron chi connectivity index (χ1n) is 11.2. The highest BCUT2D eigenvalue weighted by Gasteiger charge is 2.39. The van der Waals surface area contributed by atoms with E-state index in [0.29, 0.717) is 17.5 Å². The van der Waals surface area contributed by atoms with Gasteiger partial charge in [-0.3, -0.25) is 29.3 Å². The van der Waals surface area contributed by atoms with Gasteiger partial charge in [-0.05, 0) is 40.7 Å². The second-order valence-corrected chi connectivity index (χ2v) is 9.73. The van der Waals surface area contributed by atoms with Gasteiger partial charge < -0.3 is 10.2 Å². The van der Waals surface area contributed by atoms with Crippen molar-refractivity contribution in [2.75, 3.05) is 0 Å². The first kappa shape index (κ1) is 23.4. The molecule has 2 aromatic rings. The minimum atomic E-state index is -0.701. The minimum absolute atomic E-state index is 0.128. The summed E-state index contributed by atoms with van der Waals surface area (Å²) in [5, 5.41) is 4.94. The van der Waals surface area contributed by atoms with Crippen molar-refractivity contribution in [1.82, 2.24) is 15.5 Å². The summed E-state index contributed by atoms with van der Waals surface area (Å²) in [7, 11) is 0. The Labute approximate surface area is 197 Å². The fourth-order valence-corrected chi connectivity index (χ4v) is 4.26. The molecule has 4 rings (SSSR count). The van der Waals surface area contributed by atoms with Gasteiger partial charge in [0.15, 0.2) is 0 Å². The van der Waals surface area contributed by atoms with Crippen molar-refractivity contribution in [3.05, 3.63) is 70.3 Å². The van der Waals surface area contributed by atoms with Crippen molar-refractivity contribution in [1.29, 1.82) is 0 Å². The molecule has 0 aromatic heterocycles. The number of carbonyl (C=O) groups is 5. The van der Waals surface area contributed by atoms with Gasteiger partial charge in [0.2, 0.25) is 17.6 Å². The summed E-state index contributed by atoms with van der Waals surface area (Å²) < 4.78 is 0. The molecule has 34 heavy (non-hydrogen) atoms. The number of hydrogen-bond acceptors (Lipinski definition) is 5. The monoisotopic (exact) mass is 461 g/mol. The highest BCUT2D eigenvalue weighted by molar-refractivity contribution is 6.42. The molecule has 2 aliphatic heterocycles. The van der Waals surface area contributed by atoms with Crippen LogP contribution in [-0.2, 0) is 32.9 Å². The maximum absolute atomic E-state index is 12.8. The Kier molecular flexibility index (Phi) is 6.08. The molecule has 0 aliphatic carbocycles. The van der Waals surface area contributed by atoms with E-state index in [1.807, 2.05) is 26.8 Å². The summed E-state index contributed by atoms with van der Waals surface area (Å²) in [6.07, 6.45) is 0.492. The predicted octanol–water partition coefficient (Wildman–Crippen LogP) is 2.24. The van der Waals surface area contributed by atoms with E-state index in [1.54, 1.807) is 36.4 Å². The third-order valence-electron chi connectivity index (χ3n) is 6.24. The third-order valence-corrected chi connectivity index (χ3v) is 6.24. The standard InChI is InChI=1S/C26H27N3O5/c1-26(2,3)18-6-4-5-16(12-18)22(31)24(33)27-13-15-7-8-19-17(11-15)14-29(25(19)34)20-9-10-21(30)28-23(20)32/h4-8,11-12,20H,9-10,13-14H2,1-3H3,(H,27,33)(H,28,30,32). The average Bonchev–Trinajstić information content (AvgIpc) is 3.12. The van der Waals surface area contributed by atoms with Crippen LogP contribution in [0.25, 0.3) is 0 Å². The van der Waals surface area contributed by atoms with E-state index in [1.165, 1.54) is 4.90 Å². The predicted molar refractivity (Wildman–Crippen MR) is 124 cm³/mol. The van der Waals surface area contributed by atoms with Crippen LogP contribution in [0, 0.1) is 0 Å². The van der Waals surface area contributed by atoms with E-state index >= 15 is 0 Å². The lowest BCUT2D eigenvalue weighted by Crippen LogP contribution is -2.52. The van der Waals surface area contributed by atoms with Crippen molar-refractivity contribution >= 4 is 29.4 Å². The molecule has 176 valence electrons. The molecular formula is C26H27N3O5. The van der Waals surface area contributed by atoms with Crippen molar-refractivity contribution in [2.24, 2.45) is 0 Å². The Morgan fingerprint density at radius 1 is 1.09 bits per heavy atom. The quantitative estimate of drug-likeness (QED) is 0.403. The van der Waals surface area contributed by atoms with Gasteiger partial charge in [0, 0.05) is 30.6 Å². The zero-order chi connectivity index (χ0) is 24.6. The van der Waals surface area contributed by atoms with Crippen molar-refractivity contribution in [3.63, 3.8) is 0 Å². The highest BCUT2D eigenvalue weighted by atomic mass is 16.2. The molecule has 1 saturated heterocycles. The van der Waals surface area contributed by atoms with E-state index in [0.717, 1.165) is 16.7 Å². The van der Waals surface area contributed by atoms with Gasteiger partial charge in [0.05, 0.1) is 0 Å². The van der Waals surface area contributed by atoms with E-state index in [9.17, 15) is 24.0 Å². The van der Waals surface area contributed by atoms with Gasteiger partial charge in [-0.25, -0.2) is 0 Å². The van der Waals surface area contributed by atoms with Gasteiger partial charge in [-0.2, -0.15) is 0 Å². The molecule has 4 amide bonds. The van der Waals surface area contributed by atoms with E-state index in [4.69, 9.17) is 0 Å². The van der Waals surface area contributed by atoms with Crippen LogP contribution in [0.5, 0.6) is 0 Å². The Hall–Kier alpha value is -3.81. The Bertz CT molecular complexity index is 1210. The first-order chi connectivity index (χ1) is 16.0. The van der Waals surface area contributed by atoms with E-state index < -0.39 is 23.6 Å². The second kappa shape index (κ2) is 8.85. The number of carbonyl (C=O) groups excluding carboxylic acids is 5. The highest BCUT2D eigenvalue weighted by Crippen LogP contribution is 2.28. The van der Waals surface area contributed by atoms with Crippen molar-refractivity contribution < 1.29 is 24.0 Å². The number of ketones is 1. The molecular weight excluding hydrogens is 434 g/mol. The molecule has 1 fully saturated rings. The van der Waals surface area contributed by atoms with Gasteiger partial charge in [-0.1, -0.05) is 51.1 Å². The third kappa shape index (κ3) is 4.62. The molecule has 8 heteroatoms. The lowest BCUT2D eigenvalue weighted by Gasteiger charge is -2.29. The summed E-state index contributed by atoms with van der Waals surface area (Å²) in [5.74, 6) is -2.35. The average molecular weight is 462 g/mol. The van der Waals surface area contributed by atoms with Crippen LogP contribution in [0.2, 0.25) is 0 Å². The summed E-state index contributed by atoms with van der Waals surface area (Å²) >= 11 is 0. The number of piperidine rings is 1. The zero-order valence-corrected chi connectivity index (χ0v) is 19.4. The number of hydrogen-bond donors (Lipinski definition) is 2. The molecule has 0 spiro atoms. The summed E-state index contributed by atoms with van der Waals surface area (Å²) in [6.45, 7) is 6.49. The maximum atomic E-state index is 12.8. The number of benzene rings is 2. The molecule has 2 aliphatic rings. The fourth-order valence-electron chi connectivity index (χ4n) is 4.26. The number of amides is 4. The Morgan fingerprint density at radius 2 is 1.85 bits per heavy atom. The first-order valence-corrected chi connectivity index (χ1v) is 11.2. The zero-order valence-electron chi connectivity index (χ0n) is 19.4. The molecule has 2 N–H and O–H groups in total. The minimum Gasteiger partial charge on any atom is -0.345 e. The topological polar surface area (TPSA) is 113 Å². The van der Waals surface area contributed by atoms with E-state index in [2.05, 4.69) is 10.6 Å². The Morgan fingerprint density at radius 3 is 2.56 bits per heavy atom. The molecule has 8 nitrogen and oxygen atoms in total. The number of rotatable bonds is 5. The number of Topliss-reactive ketones (excluding diaryl/α,β-unsaturated/α-hetero) is 1. The van der Waals surface area contributed by atoms with E-state index in [-0.39, 0.29) is 36.7 Å². The number of nitrogens with zero attached hydrogens (tertiary/aromatic N) is 1. The van der Waals surface area contributed by atoms with Crippen LogP contribution >= 0.6 is 0 Å². The van der Waals surface area contributed by atoms with Gasteiger partial charge in [0.1, 0.15) is 6.04 Å². The lowest BCUT2D eigenvalue weighted by atomic mass is 9.86. The fraction of sp³-hybridized carbons (Fsp3) is 0.346. The van der Waals surface area contributed by atoms with Gasteiger partial charge >= 0.3 is 0 Å². The van der Waals surface area contributed by atoms with Crippen LogP contribution in [0.4, 0.5) is 0 Å². The molecule has 2 heterocycles. The molecule has 0 bridgehead atoms. The van der Waals surface area contributed by atoms with Crippen molar-refractivity contribution in [3.8, 4) is 0 Å². The summed E-state index contributed by atoms with van der Waals surface area (Å²) in [4.78, 5) is 63.0. The van der Waals surface area contributed by atoms with Gasteiger partial charge in [0.25, 0.3) is 11.8 Å². The summed E-state index contributed by atoms with van der Waals surface area (Å²) in [5.41, 5.74) is 3.14. The molecule has 0 saturated carbocycles. The number of fused-ring (bicyclic) bond motifs is 1. The van der Waals surface area contributed by atoms with Crippen LogP contribution in [0.15, 0.2) is 42.5 Å². The smallest absolute Gasteiger partial charge is 0.292 e. The number of imide groups is 1.